The molecule has 13 heavy (non-hydrogen) atoms. The molecular weight excluding hydrogens is 164 g/mol. The largest absolute Gasteiger partial charge is 0.466 e. The minimum atomic E-state index is -0.245. The van der Waals surface area contributed by atoms with Crippen molar-refractivity contribution < 1.29 is 9.53 Å². The number of hydrogen-bond donors (Lipinski definition) is 0. The highest BCUT2D eigenvalue weighted by Crippen LogP contribution is 2.28. The molecule has 0 atom stereocenters. The average Bonchev–Trinajstić information content (AvgIpc) is 2.18. The highest BCUT2D eigenvalue weighted by molar-refractivity contribution is 5.87. The van der Waals surface area contributed by atoms with E-state index in [1.807, 2.05) is 0 Å². The van der Waals surface area contributed by atoms with Gasteiger partial charge < -0.3 is 4.74 Å². The van der Waals surface area contributed by atoms with Crippen LogP contribution in [0.1, 0.15) is 38.5 Å². The average molecular weight is 182 g/mol. The molecule has 2 heteroatoms. The highest BCUT2D eigenvalue weighted by Gasteiger charge is 2.17. The van der Waals surface area contributed by atoms with Crippen LogP contribution in [0.3, 0.4) is 0 Å². The van der Waals surface area contributed by atoms with Gasteiger partial charge in [0.25, 0.3) is 0 Å². The lowest BCUT2D eigenvalue weighted by Gasteiger charge is -2.21. The minimum absolute atomic E-state index is 0.245. The molecule has 0 aromatic heterocycles. The van der Waals surface area contributed by atoms with Crippen molar-refractivity contribution in [3.05, 3.63) is 12.2 Å². The van der Waals surface area contributed by atoms with E-state index in [4.69, 9.17) is 0 Å². The Balaban J connectivity index is 2.30. The number of carbonyl (C=O) groups is 1. The van der Waals surface area contributed by atoms with Crippen molar-refractivity contribution in [2.75, 3.05) is 7.11 Å². The van der Waals surface area contributed by atoms with Crippen LogP contribution < -0.4 is 0 Å². The van der Waals surface area contributed by atoms with Crippen LogP contribution in [0, 0.1) is 5.92 Å². The molecule has 0 N–H and O–H groups in total. The summed E-state index contributed by atoms with van der Waals surface area (Å²) in [4.78, 5) is 11.1. The first kappa shape index (κ1) is 10.3. The first-order valence-electron chi connectivity index (χ1n) is 5.00. The van der Waals surface area contributed by atoms with Crippen LogP contribution in [-0.4, -0.2) is 13.1 Å². The fourth-order valence-corrected chi connectivity index (χ4v) is 1.97. The van der Waals surface area contributed by atoms with Crippen molar-refractivity contribution in [1.29, 1.82) is 0 Å². The predicted molar refractivity (Wildman–Crippen MR) is 52.3 cm³/mol. The Hall–Kier alpha value is -0.790. The molecule has 0 radical (unpaired) electrons. The van der Waals surface area contributed by atoms with E-state index in [2.05, 4.69) is 11.3 Å². The number of esters is 1. The van der Waals surface area contributed by atoms with Crippen molar-refractivity contribution in [3.63, 3.8) is 0 Å². The second-order valence-corrected chi connectivity index (χ2v) is 3.80. The summed E-state index contributed by atoms with van der Waals surface area (Å²) in [7, 11) is 1.41. The summed E-state index contributed by atoms with van der Waals surface area (Å²) in [5.74, 6) is 0.422. The molecule has 1 fully saturated rings. The molecule has 0 unspecified atom stereocenters. The van der Waals surface area contributed by atoms with E-state index in [0.29, 0.717) is 11.5 Å². The molecule has 1 rings (SSSR count). The number of rotatable bonds is 3. The molecule has 1 aliphatic rings. The van der Waals surface area contributed by atoms with Crippen LogP contribution in [-0.2, 0) is 9.53 Å². The Bertz CT molecular complexity index is 190. The smallest absolute Gasteiger partial charge is 0.333 e. The van der Waals surface area contributed by atoms with Gasteiger partial charge in [0.1, 0.15) is 0 Å². The van der Waals surface area contributed by atoms with Crippen LogP contribution in [0.5, 0.6) is 0 Å². The molecule has 0 aliphatic heterocycles. The molecule has 2 nitrogen and oxygen atoms in total. The van der Waals surface area contributed by atoms with Crippen molar-refractivity contribution >= 4 is 5.97 Å². The zero-order chi connectivity index (χ0) is 9.68. The van der Waals surface area contributed by atoms with Crippen LogP contribution >= 0.6 is 0 Å². The van der Waals surface area contributed by atoms with Crippen molar-refractivity contribution in [2.45, 2.75) is 38.5 Å². The van der Waals surface area contributed by atoms with E-state index in [9.17, 15) is 4.79 Å². The first-order chi connectivity index (χ1) is 6.24. The van der Waals surface area contributed by atoms with E-state index >= 15 is 0 Å². The maximum absolute atomic E-state index is 11.1. The maximum atomic E-state index is 11.1. The van der Waals surface area contributed by atoms with Crippen LogP contribution in [0.2, 0.25) is 0 Å². The van der Waals surface area contributed by atoms with Gasteiger partial charge >= 0.3 is 5.97 Å². The highest BCUT2D eigenvalue weighted by atomic mass is 16.5. The van der Waals surface area contributed by atoms with Crippen molar-refractivity contribution in [1.82, 2.24) is 0 Å². The third-order valence-electron chi connectivity index (χ3n) is 2.73. The summed E-state index contributed by atoms with van der Waals surface area (Å²) >= 11 is 0. The molecule has 1 saturated carbocycles. The van der Waals surface area contributed by atoms with Gasteiger partial charge in [0.2, 0.25) is 0 Å². The lowest BCUT2D eigenvalue weighted by molar-refractivity contribution is -0.136. The summed E-state index contributed by atoms with van der Waals surface area (Å²) in [5.41, 5.74) is 0.634. The SMILES string of the molecule is C=C(CC1CCCCC1)C(=O)OC. The monoisotopic (exact) mass is 182 g/mol. The van der Waals surface area contributed by atoms with E-state index in [1.165, 1.54) is 39.2 Å². The van der Waals surface area contributed by atoms with E-state index in [1.54, 1.807) is 0 Å². The van der Waals surface area contributed by atoms with Gasteiger partial charge in [0.05, 0.1) is 7.11 Å². The Morgan fingerprint density at radius 3 is 2.54 bits per heavy atom. The van der Waals surface area contributed by atoms with Crippen molar-refractivity contribution in [3.8, 4) is 0 Å². The molecule has 0 bridgehead atoms. The second kappa shape index (κ2) is 5.05. The fourth-order valence-electron chi connectivity index (χ4n) is 1.97. The molecule has 0 heterocycles. The zero-order valence-corrected chi connectivity index (χ0v) is 8.34. The van der Waals surface area contributed by atoms with E-state index in [0.717, 1.165) is 6.42 Å². The summed E-state index contributed by atoms with van der Waals surface area (Å²) < 4.78 is 4.62. The molecular formula is C11H18O2. The maximum Gasteiger partial charge on any atom is 0.333 e. The Morgan fingerprint density at radius 1 is 1.38 bits per heavy atom. The Labute approximate surface area is 80.0 Å². The van der Waals surface area contributed by atoms with Gasteiger partial charge in [-0.3, -0.25) is 0 Å². The van der Waals surface area contributed by atoms with Crippen LogP contribution in [0.25, 0.3) is 0 Å². The second-order valence-electron chi connectivity index (χ2n) is 3.80. The molecule has 74 valence electrons. The van der Waals surface area contributed by atoms with Gasteiger partial charge in [-0.1, -0.05) is 38.7 Å². The van der Waals surface area contributed by atoms with Gasteiger partial charge in [-0.25, -0.2) is 4.79 Å². The number of carbonyl (C=O) groups excluding carboxylic acids is 1. The number of methoxy groups -OCH3 is 1. The Kier molecular flexibility index (Phi) is 4.00. The fraction of sp³-hybridized carbons (Fsp3) is 0.727. The number of ether oxygens (including phenoxy) is 1. The topological polar surface area (TPSA) is 26.3 Å². The molecule has 0 amide bonds. The van der Waals surface area contributed by atoms with Gasteiger partial charge in [0, 0.05) is 5.57 Å². The van der Waals surface area contributed by atoms with Gasteiger partial charge in [-0.15, -0.1) is 0 Å². The standard InChI is InChI=1S/C11H18O2/c1-9(11(12)13-2)8-10-6-4-3-5-7-10/h10H,1,3-8H2,2H3. The van der Waals surface area contributed by atoms with E-state index < -0.39 is 0 Å². The summed E-state index contributed by atoms with van der Waals surface area (Å²) in [6.45, 7) is 3.75. The van der Waals surface area contributed by atoms with Gasteiger partial charge in [-0.05, 0) is 12.3 Å². The molecule has 0 aromatic carbocycles. The van der Waals surface area contributed by atoms with Crippen LogP contribution in [0.15, 0.2) is 12.2 Å². The predicted octanol–water partition coefficient (Wildman–Crippen LogP) is 2.69. The molecule has 0 saturated heterocycles. The Morgan fingerprint density at radius 2 is 2.00 bits per heavy atom. The van der Waals surface area contributed by atoms with Crippen LogP contribution in [0.4, 0.5) is 0 Å². The van der Waals surface area contributed by atoms with E-state index in [-0.39, 0.29) is 5.97 Å². The normalized spacial score (nSPS) is 18.2. The van der Waals surface area contributed by atoms with Gasteiger partial charge in [-0.2, -0.15) is 0 Å². The first-order valence-corrected chi connectivity index (χ1v) is 5.00. The summed E-state index contributed by atoms with van der Waals surface area (Å²) in [6.07, 6.45) is 7.28. The van der Waals surface area contributed by atoms with Gasteiger partial charge in [0.15, 0.2) is 0 Å². The lowest BCUT2D eigenvalue weighted by atomic mass is 9.85. The molecule has 0 spiro atoms. The minimum Gasteiger partial charge on any atom is -0.466 e. The summed E-state index contributed by atoms with van der Waals surface area (Å²) in [6, 6.07) is 0. The lowest BCUT2D eigenvalue weighted by Crippen LogP contribution is -2.11. The third-order valence-corrected chi connectivity index (χ3v) is 2.73. The number of hydrogen-bond acceptors (Lipinski definition) is 2. The quantitative estimate of drug-likeness (QED) is 0.495. The molecule has 0 aromatic rings. The molecule has 1 aliphatic carbocycles. The van der Waals surface area contributed by atoms with Crippen molar-refractivity contribution in [2.24, 2.45) is 5.92 Å². The summed E-state index contributed by atoms with van der Waals surface area (Å²) in [5, 5.41) is 0. The third kappa shape index (κ3) is 3.21. The zero-order valence-electron chi connectivity index (χ0n) is 8.34.